The Bertz CT molecular complexity index is 1020. The minimum atomic E-state index is -0.253. The van der Waals surface area contributed by atoms with Gasteiger partial charge < -0.3 is 9.47 Å². The van der Waals surface area contributed by atoms with Crippen molar-refractivity contribution >= 4 is 28.9 Å². The monoisotopic (exact) mass is 374 g/mol. The van der Waals surface area contributed by atoms with E-state index < -0.39 is 0 Å². The van der Waals surface area contributed by atoms with Crippen molar-refractivity contribution in [2.24, 2.45) is 0 Å². The van der Waals surface area contributed by atoms with Crippen molar-refractivity contribution in [1.82, 2.24) is 14.5 Å². The molecule has 0 radical (unpaired) electrons. The van der Waals surface area contributed by atoms with Gasteiger partial charge in [-0.05, 0) is 29.9 Å². The van der Waals surface area contributed by atoms with Gasteiger partial charge in [-0.3, -0.25) is 9.69 Å². The summed E-state index contributed by atoms with van der Waals surface area (Å²) in [5.41, 5.74) is 4.18. The topological polar surface area (TPSA) is 41.4 Å². The molecule has 1 unspecified atom stereocenters. The van der Waals surface area contributed by atoms with Gasteiger partial charge in [0.05, 0.1) is 24.3 Å². The maximum atomic E-state index is 13.1. The molecule has 1 saturated heterocycles. The second-order valence-corrected chi connectivity index (χ2v) is 7.26. The van der Waals surface area contributed by atoms with Crippen LogP contribution in [0, 0.1) is 0 Å². The number of carbonyl (C=O) groups is 1. The highest BCUT2D eigenvalue weighted by Gasteiger charge is 2.46. The van der Waals surface area contributed by atoms with E-state index in [2.05, 4.69) is 21.7 Å². The number of amides is 1. The quantitative estimate of drug-likeness (QED) is 0.661. The number of para-hydroxylation sites is 1. The molecule has 1 aromatic heterocycles. The van der Waals surface area contributed by atoms with Crippen LogP contribution in [0.2, 0.25) is 0 Å². The molecule has 0 spiro atoms. The van der Waals surface area contributed by atoms with E-state index in [1.165, 1.54) is 5.56 Å². The SMILES string of the molecule is O=C1C2Cc3c(ncn3Cc3ccccc3)CN2C(=S)N1c1ccccc1. The lowest BCUT2D eigenvalue weighted by Crippen LogP contribution is -2.40. The van der Waals surface area contributed by atoms with Crippen molar-refractivity contribution in [2.75, 3.05) is 4.90 Å². The summed E-state index contributed by atoms with van der Waals surface area (Å²) in [5, 5.41) is 0.569. The third-order valence-electron chi connectivity index (χ3n) is 5.27. The Balaban J connectivity index is 1.45. The number of thiocarbonyl (C=S) groups is 1. The van der Waals surface area contributed by atoms with E-state index in [1.54, 1.807) is 4.90 Å². The van der Waals surface area contributed by atoms with Crippen LogP contribution in [0.15, 0.2) is 67.0 Å². The second kappa shape index (κ2) is 6.32. The van der Waals surface area contributed by atoms with Gasteiger partial charge in [0.2, 0.25) is 0 Å². The zero-order valence-corrected chi connectivity index (χ0v) is 15.5. The van der Waals surface area contributed by atoms with Crippen molar-refractivity contribution in [2.45, 2.75) is 25.6 Å². The molecule has 134 valence electrons. The molecule has 2 aliphatic rings. The lowest BCUT2D eigenvalue weighted by atomic mass is 10.0. The minimum Gasteiger partial charge on any atom is -0.330 e. The first-order chi connectivity index (χ1) is 13.2. The molecular weight excluding hydrogens is 356 g/mol. The smallest absolute Gasteiger partial charge is 0.256 e. The molecule has 27 heavy (non-hydrogen) atoms. The van der Waals surface area contributed by atoms with Crippen LogP contribution in [-0.2, 0) is 24.3 Å². The van der Waals surface area contributed by atoms with E-state index >= 15 is 0 Å². The Labute approximate surface area is 162 Å². The Kier molecular flexibility index (Phi) is 3.79. The summed E-state index contributed by atoms with van der Waals surface area (Å²) in [6.45, 7) is 1.34. The van der Waals surface area contributed by atoms with Crippen LogP contribution in [0.5, 0.6) is 0 Å². The van der Waals surface area contributed by atoms with Crippen molar-refractivity contribution in [3.05, 3.63) is 83.9 Å². The first-order valence-electron chi connectivity index (χ1n) is 8.99. The molecule has 0 bridgehead atoms. The van der Waals surface area contributed by atoms with Gasteiger partial charge in [-0.15, -0.1) is 0 Å². The molecule has 1 atom stereocenters. The van der Waals surface area contributed by atoms with Crippen LogP contribution in [0.1, 0.15) is 17.0 Å². The minimum absolute atomic E-state index is 0.0457. The number of imidazole rings is 1. The lowest BCUT2D eigenvalue weighted by molar-refractivity contribution is -0.120. The highest BCUT2D eigenvalue weighted by Crippen LogP contribution is 2.32. The van der Waals surface area contributed by atoms with Gasteiger partial charge in [-0.1, -0.05) is 48.5 Å². The van der Waals surface area contributed by atoms with Crippen LogP contribution >= 0.6 is 12.2 Å². The standard InChI is InChI=1S/C21H18N4OS/c26-20-19-11-18-17(22-14-23(18)12-15-7-3-1-4-8-15)13-24(19)21(27)25(20)16-9-5-2-6-10-16/h1-10,14,19H,11-13H2. The van der Waals surface area contributed by atoms with Gasteiger partial charge in [0.25, 0.3) is 5.91 Å². The van der Waals surface area contributed by atoms with Gasteiger partial charge in [0.15, 0.2) is 5.11 Å². The zero-order valence-electron chi connectivity index (χ0n) is 14.7. The summed E-state index contributed by atoms with van der Waals surface area (Å²) in [6.07, 6.45) is 2.51. The summed E-state index contributed by atoms with van der Waals surface area (Å²) < 4.78 is 2.16. The number of aromatic nitrogens is 2. The van der Waals surface area contributed by atoms with Gasteiger partial charge in [0, 0.05) is 18.7 Å². The molecular formula is C21H18N4OS. The molecule has 1 amide bonds. The highest BCUT2D eigenvalue weighted by atomic mass is 32.1. The van der Waals surface area contributed by atoms with E-state index in [9.17, 15) is 4.79 Å². The Morgan fingerprint density at radius 1 is 1.04 bits per heavy atom. The molecule has 3 heterocycles. The van der Waals surface area contributed by atoms with E-state index in [-0.39, 0.29) is 11.9 Å². The van der Waals surface area contributed by atoms with E-state index in [1.807, 2.05) is 59.8 Å². The molecule has 3 aromatic rings. The Morgan fingerprint density at radius 2 is 1.74 bits per heavy atom. The number of rotatable bonds is 3. The number of hydrogen-bond donors (Lipinski definition) is 0. The molecule has 2 aliphatic heterocycles. The summed E-state index contributed by atoms with van der Waals surface area (Å²) in [6, 6.07) is 19.7. The molecule has 5 rings (SSSR count). The Morgan fingerprint density at radius 3 is 2.48 bits per heavy atom. The van der Waals surface area contributed by atoms with Gasteiger partial charge in [-0.25, -0.2) is 4.98 Å². The predicted octanol–water partition coefficient (Wildman–Crippen LogP) is 2.99. The fourth-order valence-corrected chi connectivity index (χ4v) is 4.29. The maximum absolute atomic E-state index is 13.1. The molecule has 5 nitrogen and oxygen atoms in total. The van der Waals surface area contributed by atoms with Crippen LogP contribution in [-0.4, -0.2) is 31.5 Å². The second-order valence-electron chi connectivity index (χ2n) is 6.89. The van der Waals surface area contributed by atoms with Gasteiger partial charge in [0.1, 0.15) is 6.04 Å². The molecule has 0 N–H and O–H groups in total. The number of nitrogens with zero attached hydrogens (tertiary/aromatic N) is 4. The lowest BCUT2D eigenvalue weighted by Gasteiger charge is -2.28. The third-order valence-corrected chi connectivity index (χ3v) is 5.69. The third kappa shape index (κ3) is 2.64. The van der Waals surface area contributed by atoms with Crippen LogP contribution in [0.25, 0.3) is 0 Å². The van der Waals surface area contributed by atoms with Gasteiger partial charge >= 0.3 is 0 Å². The summed E-state index contributed by atoms with van der Waals surface area (Å²) >= 11 is 5.63. The molecule has 0 aliphatic carbocycles. The van der Waals surface area contributed by atoms with E-state index in [0.29, 0.717) is 18.1 Å². The normalized spacial score (nSPS) is 18.6. The summed E-state index contributed by atoms with van der Waals surface area (Å²) in [7, 11) is 0. The average Bonchev–Trinajstić information content (AvgIpc) is 3.21. The first-order valence-corrected chi connectivity index (χ1v) is 9.39. The fraction of sp³-hybridized carbons (Fsp3) is 0.190. The summed E-state index contributed by atoms with van der Waals surface area (Å²) in [4.78, 5) is 21.4. The van der Waals surface area contributed by atoms with Gasteiger partial charge in [-0.2, -0.15) is 0 Å². The van der Waals surface area contributed by atoms with Crippen LogP contribution in [0.4, 0.5) is 5.69 Å². The van der Waals surface area contributed by atoms with Crippen molar-refractivity contribution in [1.29, 1.82) is 0 Å². The van der Waals surface area contributed by atoms with Crippen LogP contribution in [0.3, 0.4) is 0 Å². The largest absolute Gasteiger partial charge is 0.330 e. The number of fused-ring (bicyclic) bond motifs is 2. The number of carbonyl (C=O) groups excluding carboxylic acids is 1. The molecule has 2 aromatic carbocycles. The Hall–Kier alpha value is -2.99. The van der Waals surface area contributed by atoms with Crippen molar-refractivity contribution in [3.8, 4) is 0 Å². The maximum Gasteiger partial charge on any atom is 0.256 e. The predicted molar refractivity (Wildman–Crippen MR) is 107 cm³/mol. The first kappa shape index (κ1) is 16.2. The molecule has 0 saturated carbocycles. The number of hydrogen-bond acceptors (Lipinski definition) is 3. The highest BCUT2D eigenvalue weighted by molar-refractivity contribution is 7.80. The van der Waals surface area contributed by atoms with E-state index in [4.69, 9.17) is 12.2 Å². The van der Waals surface area contributed by atoms with Crippen LogP contribution < -0.4 is 4.90 Å². The molecule has 1 fully saturated rings. The fourth-order valence-electron chi connectivity index (χ4n) is 3.91. The number of benzene rings is 2. The zero-order chi connectivity index (χ0) is 18.4. The average molecular weight is 374 g/mol. The van der Waals surface area contributed by atoms with E-state index in [0.717, 1.165) is 23.6 Å². The van der Waals surface area contributed by atoms with Crippen molar-refractivity contribution < 1.29 is 4.79 Å². The number of anilines is 1. The molecule has 6 heteroatoms. The summed E-state index contributed by atoms with van der Waals surface area (Å²) in [5.74, 6) is 0.0457. The van der Waals surface area contributed by atoms with Crippen molar-refractivity contribution in [3.63, 3.8) is 0 Å².